The van der Waals surface area contributed by atoms with Crippen molar-refractivity contribution < 1.29 is 14.7 Å². The number of carbonyl (C=O) groups excluding carboxylic acids is 2. The summed E-state index contributed by atoms with van der Waals surface area (Å²) in [5.74, 6) is -1.02. The predicted octanol–water partition coefficient (Wildman–Crippen LogP) is 1.89. The SMILES string of the molecule is Cc1ccc(N2CCC(C(=O)N(C)CC(C)(C)O)C2=O)cc1C. The molecule has 0 aromatic heterocycles. The number of carbonyl (C=O) groups is 2. The molecule has 1 aromatic rings. The highest BCUT2D eigenvalue weighted by Crippen LogP contribution is 2.28. The fourth-order valence-electron chi connectivity index (χ4n) is 2.98. The van der Waals surface area contributed by atoms with Crippen LogP contribution in [-0.2, 0) is 9.59 Å². The minimum atomic E-state index is -0.972. The first kappa shape index (κ1) is 17.5. The summed E-state index contributed by atoms with van der Waals surface area (Å²) < 4.78 is 0. The minimum absolute atomic E-state index is 0.152. The maximum absolute atomic E-state index is 12.6. The molecule has 0 radical (unpaired) electrons. The minimum Gasteiger partial charge on any atom is -0.389 e. The third kappa shape index (κ3) is 3.91. The summed E-state index contributed by atoms with van der Waals surface area (Å²) in [6.45, 7) is 8.10. The Hall–Kier alpha value is -1.88. The first-order chi connectivity index (χ1) is 10.6. The molecule has 1 unspecified atom stereocenters. The van der Waals surface area contributed by atoms with E-state index in [1.54, 1.807) is 25.8 Å². The van der Waals surface area contributed by atoms with Crippen LogP contribution in [0, 0.1) is 19.8 Å². The molecule has 0 saturated carbocycles. The van der Waals surface area contributed by atoms with E-state index in [4.69, 9.17) is 0 Å². The first-order valence-electron chi connectivity index (χ1n) is 7.96. The fraction of sp³-hybridized carbons (Fsp3) is 0.556. The number of likely N-dealkylation sites (N-methyl/N-ethyl adjacent to an activating group) is 1. The Kier molecular flexibility index (Phi) is 4.80. The van der Waals surface area contributed by atoms with Gasteiger partial charge in [-0.3, -0.25) is 9.59 Å². The van der Waals surface area contributed by atoms with E-state index in [-0.39, 0.29) is 18.4 Å². The van der Waals surface area contributed by atoms with Crippen LogP contribution in [0.3, 0.4) is 0 Å². The van der Waals surface area contributed by atoms with Gasteiger partial charge < -0.3 is 14.9 Å². The topological polar surface area (TPSA) is 60.9 Å². The normalized spacial score (nSPS) is 18.4. The van der Waals surface area contributed by atoms with Crippen molar-refractivity contribution in [2.75, 3.05) is 25.0 Å². The van der Waals surface area contributed by atoms with Crippen molar-refractivity contribution in [2.24, 2.45) is 5.92 Å². The zero-order chi connectivity index (χ0) is 17.4. The summed E-state index contributed by atoms with van der Waals surface area (Å²) in [5.41, 5.74) is 2.18. The van der Waals surface area contributed by atoms with Crippen LogP contribution >= 0.6 is 0 Å². The van der Waals surface area contributed by atoms with Crippen LogP contribution in [0.4, 0.5) is 5.69 Å². The van der Waals surface area contributed by atoms with Crippen LogP contribution in [0.5, 0.6) is 0 Å². The second-order valence-corrected chi connectivity index (χ2v) is 7.11. The Labute approximate surface area is 137 Å². The molecule has 0 bridgehead atoms. The van der Waals surface area contributed by atoms with Crippen molar-refractivity contribution in [1.82, 2.24) is 4.90 Å². The van der Waals surface area contributed by atoms with E-state index in [1.165, 1.54) is 10.5 Å². The highest BCUT2D eigenvalue weighted by molar-refractivity contribution is 6.09. The van der Waals surface area contributed by atoms with E-state index >= 15 is 0 Å². The molecule has 1 atom stereocenters. The molecule has 5 heteroatoms. The van der Waals surface area contributed by atoms with E-state index in [2.05, 4.69) is 0 Å². The molecule has 5 nitrogen and oxygen atoms in total. The lowest BCUT2D eigenvalue weighted by Gasteiger charge is -2.27. The molecule has 1 heterocycles. The van der Waals surface area contributed by atoms with Crippen LogP contribution in [-0.4, -0.2) is 47.6 Å². The third-order valence-corrected chi connectivity index (χ3v) is 4.31. The first-order valence-corrected chi connectivity index (χ1v) is 7.96. The maximum Gasteiger partial charge on any atom is 0.239 e. The molecular formula is C18H26N2O3. The summed E-state index contributed by atoms with van der Waals surface area (Å²) in [6, 6.07) is 5.90. The average Bonchev–Trinajstić information content (AvgIpc) is 2.81. The Morgan fingerprint density at radius 2 is 2.00 bits per heavy atom. The number of rotatable bonds is 4. The molecular weight excluding hydrogens is 292 g/mol. The largest absolute Gasteiger partial charge is 0.389 e. The van der Waals surface area contributed by atoms with Crippen molar-refractivity contribution in [1.29, 1.82) is 0 Å². The second-order valence-electron chi connectivity index (χ2n) is 7.11. The van der Waals surface area contributed by atoms with Gasteiger partial charge in [-0.2, -0.15) is 0 Å². The van der Waals surface area contributed by atoms with Gasteiger partial charge in [-0.05, 0) is 57.4 Å². The van der Waals surface area contributed by atoms with Crippen LogP contribution in [0.2, 0.25) is 0 Å². The van der Waals surface area contributed by atoms with Crippen LogP contribution in [0.25, 0.3) is 0 Å². The lowest BCUT2D eigenvalue weighted by molar-refractivity contribution is -0.141. The second kappa shape index (κ2) is 6.32. The van der Waals surface area contributed by atoms with Crippen LogP contribution < -0.4 is 4.90 Å². The van der Waals surface area contributed by atoms with E-state index in [0.29, 0.717) is 13.0 Å². The molecule has 1 aliphatic rings. The molecule has 1 aliphatic heterocycles. The lowest BCUT2D eigenvalue weighted by atomic mass is 10.0. The van der Waals surface area contributed by atoms with Gasteiger partial charge >= 0.3 is 0 Å². The summed E-state index contributed by atoms with van der Waals surface area (Å²) in [5, 5.41) is 9.84. The summed E-state index contributed by atoms with van der Waals surface area (Å²) in [7, 11) is 1.63. The zero-order valence-corrected chi connectivity index (χ0v) is 14.6. The Morgan fingerprint density at radius 1 is 1.35 bits per heavy atom. The Morgan fingerprint density at radius 3 is 2.57 bits per heavy atom. The number of nitrogens with zero attached hydrogens (tertiary/aromatic N) is 2. The van der Waals surface area contributed by atoms with E-state index < -0.39 is 11.5 Å². The van der Waals surface area contributed by atoms with Gasteiger partial charge in [0.2, 0.25) is 11.8 Å². The quantitative estimate of drug-likeness (QED) is 0.862. The third-order valence-electron chi connectivity index (χ3n) is 4.31. The van der Waals surface area contributed by atoms with Gasteiger partial charge in [0, 0.05) is 25.8 Å². The van der Waals surface area contributed by atoms with Gasteiger partial charge in [-0.15, -0.1) is 0 Å². The molecule has 2 rings (SSSR count). The van der Waals surface area contributed by atoms with Crippen molar-refractivity contribution in [2.45, 2.75) is 39.7 Å². The number of amides is 2. The lowest BCUT2D eigenvalue weighted by Crippen LogP contribution is -2.44. The molecule has 0 aliphatic carbocycles. The van der Waals surface area contributed by atoms with Gasteiger partial charge in [-0.25, -0.2) is 0 Å². The van der Waals surface area contributed by atoms with Crippen molar-refractivity contribution in [3.8, 4) is 0 Å². The predicted molar refractivity (Wildman–Crippen MR) is 90.3 cm³/mol. The zero-order valence-electron chi connectivity index (χ0n) is 14.6. The molecule has 1 aromatic carbocycles. The highest BCUT2D eigenvalue weighted by atomic mass is 16.3. The van der Waals surface area contributed by atoms with Gasteiger partial charge in [-0.1, -0.05) is 6.07 Å². The number of hydrogen-bond acceptors (Lipinski definition) is 3. The maximum atomic E-state index is 12.6. The highest BCUT2D eigenvalue weighted by Gasteiger charge is 2.39. The van der Waals surface area contributed by atoms with E-state index in [0.717, 1.165) is 11.3 Å². The molecule has 2 amide bonds. The number of benzene rings is 1. The number of anilines is 1. The van der Waals surface area contributed by atoms with E-state index in [1.807, 2.05) is 32.0 Å². The fourth-order valence-corrected chi connectivity index (χ4v) is 2.98. The van der Waals surface area contributed by atoms with Crippen molar-refractivity contribution >= 4 is 17.5 Å². The van der Waals surface area contributed by atoms with Crippen LogP contribution in [0.1, 0.15) is 31.4 Å². The number of hydrogen-bond donors (Lipinski definition) is 1. The van der Waals surface area contributed by atoms with Gasteiger partial charge in [0.1, 0.15) is 5.92 Å². The van der Waals surface area contributed by atoms with Gasteiger partial charge in [0.15, 0.2) is 0 Å². The molecule has 126 valence electrons. The van der Waals surface area contributed by atoms with Crippen molar-refractivity contribution in [3.63, 3.8) is 0 Å². The summed E-state index contributed by atoms with van der Waals surface area (Å²) >= 11 is 0. The number of aryl methyl sites for hydroxylation is 2. The Bertz CT molecular complexity index is 619. The summed E-state index contributed by atoms with van der Waals surface area (Å²) in [6.07, 6.45) is 0.515. The monoisotopic (exact) mass is 318 g/mol. The Balaban J connectivity index is 2.12. The van der Waals surface area contributed by atoms with Crippen LogP contribution in [0.15, 0.2) is 18.2 Å². The smallest absolute Gasteiger partial charge is 0.239 e. The number of aliphatic hydroxyl groups is 1. The molecule has 1 fully saturated rings. The summed E-state index contributed by atoms with van der Waals surface area (Å²) in [4.78, 5) is 28.3. The van der Waals surface area contributed by atoms with Gasteiger partial charge in [0.25, 0.3) is 0 Å². The van der Waals surface area contributed by atoms with E-state index in [9.17, 15) is 14.7 Å². The molecule has 1 saturated heterocycles. The molecule has 23 heavy (non-hydrogen) atoms. The van der Waals surface area contributed by atoms with Gasteiger partial charge in [0.05, 0.1) is 5.60 Å². The van der Waals surface area contributed by atoms with Crippen molar-refractivity contribution in [3.05, 3.63) is 29.3 Å². The standard InChI is InChI=1S/C18H26N2O3/c1-12-6-7-14(10-13(12)2)20-9-8-15(17(20)22)16(21)19(5)11-18(3,4)23/h6-7,10,15,23H,8-9,11H2,1-5H3. The molecule has 1 N–H and O–H groups in total. The average molecular weight is 318 g/mol. The molecule has 0 spiro atoms.